The Morgan fingerprint density at radius 3 is 2.47 bits per heavy atom. The molecule has 3 N–H and O–H groups in total. The second-order valence-corrected chi connectivity index (χ2v) is 8.77. The summed E-state index contributed by atoms with van der Waals surface area (Å²) >= 11 is 1.53. The molecule has 1 aliphatic heterocycles. The van der Waals surface area contributed by atoms with Gasteiger partial charge in [-0.15, -0.1) is 10.2 Å². The van der Waals surface area contributed by atoms with Crippen molar-refractivity contribution in [2.24, 2.45) is 7.05 Å². The highest BCUT2D eigenvalue weighted by Gasteiger charge is 2.43. The Kier molecular flexibility index (Phi) is 7.13. The van der Waals surface area contributed by atoms with Crippen LogP contribution in [0.15, 0.2) is 35.7 Å². The third-order valence-electron chi connectivity index (χ3n) is 4.80. The molecule has 1 aromatic heterocycles. The van der Waals surface area contributed by atoms with Crippen molar-refractivity contribution in [3.05, 3.63) is 41.7 Å². The number of rotatable bonds is 8. The Labute approximate surface area is 189 Å². The van der Waals surface area contributed by atoms with E-state index in [-0.39, 0.29) is 25.3 Å². The van der Waals surface area contributed by atoms with E-state index in [1.54, 1.807) is 32.3 Å². The highest BCUT2D eigenvalue weighted by molar-refractivity contribution is 7.98. The first kappa shape index (κ1) is 23.3. The minimum atomic E-state index is -0.934. The molecule has 2 aromatic rings. The summed E-state index contributed by atoms with van der Waals surface area (Å²) in [6.45, 7) is 3.38. The molecule has 3 rings (SSSR count). The van der Waals surface area contributed by atoms with Gasteiger partial charge in [0, 0.05) is 31.3 Å². The number of benzene rings is 1. The first-order valence-corrected chi connectivity index (χ1v) is 10.9. The van der Waals surface area contributed by atoms with Crippen molar-refractivity contribution in [1.82, 2.24) is 35.8 Å². The predicted octanol–water partition coefficient (Wildman–Crippen LogP) is 0.979. The Morgan fingerprint density at radius 1 is 1.16 bits per heavy atom. The number of hydrazine groups is 1. The van der Waals surface area contributed by atoms with Gasteiger partial charge >= 0.3 is 6.03 Å². The van der Waals surface area contributed by atoms with Crippen molar-refractivity contribution in [3.63, 3.8) is 0 Å². The van der Waals surface area contributed by atoms with Gasteiger partial charge in [0.1, 0.15) is 11.9 Å². The Hall–Kier alpha value is -3.41. The van der Waals surface area contributed by atoms with Crippen molar-refractivity contribution in [2.45, 2.75) is 43.1 Å². The van der Waals surface area contributed by atoms with E-state index in [0.717, 1.165) is 15.6 Å². The smallest absolute Gasteiger partial charge is 0.324 e. The zero-order valence-electron chi connectivity index (χ0n) is 18.0. The maximum atomic E-state index is 12.2. The molecule has 0 radical (unpaired) electrons. The lowest BCUT2D eigenvalue weighted by molar-refractivity contribution is -0.130. The fraction of sp³-hybridized carbons (Fsp3) is 0.400. The maximum Gasteiger partial charge on any atom is 0.325 e. The minimum Gasteiger partial charge on any atom is -0.324 e. The molecular formula is C20H25N7O4S. The number of thioether (sulfide) groups is 1. The van der Waals surface area contributed by atoms with Gasteiger partial charge in [0.15, 0.2) is 5.16 Å². The average Bonchev–Trinajstić information content (AvgIpc) is 3.25. The second-order valence-electron chi connectivity index (χ2n) is 7.83. The number of amides is 5. The number of urea groups is 1. The lowest BCUT2D eigenvalue weighted by Gasteiger charge is -2.15. The molecule has 11 nitrogen and oxygen atoms in total. The molecule has 32 heavy (non-hydrogen) atoms. The fourth-order valence-electron chi connectivity index (χ4n) is 2.98. The molecule has 0 aliphatic carbocycles. The summed E-state index contributed by atoms with van der Waals surface area (Å²) in [5.74, 6) is -0.502. The number of aryl methyl sites for hydroxylation is 1. The highest BCUT2D eigenvalue weighted by atomic mass is 32.2. The van der Waals surface area contributed by atoms with Gasteiger partial charge < -0.3 is 9.88 Å². The number of imide groups is 1. The molecule has 1 saturated heterocycles. The normalized spacial score (nSPS) is 14.9. The minimum absolute atomic E-state index is 0.0516. The van der Waals surface area contributed by atoms with Gasteiger partial charge in [-0.1, -0.05) is 23.9 Å². The van der Waals surface area contributed by atoms with Crippen LogP contribution in [0.3, 0.4) is 0 Å². The molecule has 5 amide bonds. The molecule has 0 spiro atoms. The fourth-order valence-corrected chi connectivity index (χ4v) is 3.83. The van der Waals surface area contributed by atoms with E-state index in [1.165, 1.54) is 11.8 Å². The molecule has 170 valence electrons. The molecule has 2 heterocycles. The lowest BCUT2D eigenvalue weighted by Crippen LogP contribution is -2.42. The number of aromatic nitrogens is 3. The Balaban J connectivity index is 1.38. The SMILES string of the molecule is Cn1cnnc1SCc1ccc(C(=O)NNC(=O)CCCN2C(=O)NC(C)(C)C2=O)cc1. The lowest BCUT2D eigenvalue weighted by atomic mass is 10.1. The first-order chi connectivity index (χ1) is 15.2. The van der Waals surface area contributed by atoms with Crippen LogP contribution in [0.2, 0.25) is 0 Å². The van der Waals surface area contributed by atoms with E-state index in [9.17, 15) is 19.2 Å². The number of carbonyl (C=O) groups excluding carboxylic acids is 4. The van der Waals surface area contributed by atoms with Crippen LogP contribution in [0.25, 0.3) is 0 Å². The first-order valence-electron chi connectivity index (χ1n) is 9.96. The maximum absolute atomic E-state index is 12.2. The van der Waals surface area contributed by atoms with Crippen LogP contribution in [0.4, 0.5) is 4.79 Å². The third-order valence-corrected chi connectivity index (χ3v) is 5.90. The van der Waals surface area contributed by atoms with Crippen molar-refractivity contribution in [2.75, 3.05) is 6.54 Å². The van der Waals surface area contributed by atoms with E-state index in [1.807, 2.05) is 23.7 Å². The molecule has 0 bridgehead atoms. The average molecular weight is 460 g/mol. The van der Waals surface area contributed by atoms with E-state index < -0.39 is 23.4 Å². The predicted molar refractivity (Wildman–Crippen MR) is 116 cm³/mol. The van der Waals surface area contributed by atoms with Crippen molar-refractivity contribution < 1.29 is 19.2 Å². The van der Waals surface area contributed by atoms with Gasteiger partial charge in [0.25, 0.3) is 11.8 Å². The van der Waals surface area contributed by atoms with E-state index in [0.29, 0.717) is 11.3 Å². The molecule has 0 saturated carbocycles. The van der Waals surface area contributed by atoms with Gasteiger partial charge in [-0.2, -0.15) is 0 Å². The summed E-state index contributed by atoms with van der Waals surface area (Å²) in [4.78, 5) is 49.2. The van der Waals surface area contributed by atoms with Gasteiger partial charge in [0.05, 0.1) is 0 Å². The number of nitrogens with zero attached hydrogens (tertiary/aromatic N) is 4. The summed E-state index contributed by atoms with van der Waals surface area (Å²) < 4.78 is 1.83. The van der Waals surface area contributed by atoms with E-state index in [2.05, 4.69) is 26.4 Å². The van der Waals surface area contributed by atoms with Crippen LogP contribution in [0, 0.1) is 0 Å². The number of carbonyl (C=O) groups is 4. The Bertz CT molecular complexity index is 1020. The zero-order valence-corrected chi connectivity index (χ0v) is 18.9. The molecule has 0 unspecified atom stereocenters. The molecule has 12 heteroatoms. The summed E-state index contributed by atoms with van der Waals surface area (Å²) in [6.07, 6.45) is 1.97. The molecule has 1 fully saturated rings. The number of hydrogen-bond donors (Lipinski definition) is 3. The van der Waals surface area contributed by atoms with Crippen molar-refractivity contribution >= 4 is 35.5 Å². The summed E-state index contributed by atoms with van der Waals surface area (Å²) in [6, 6.07) is 6.55. The summed E-state index contributed by atoms with van der Waals surface area (Å²) in [7, 11) is 1.87. The Morgan fingerprint density at radius 2 is 1.88 bits per heavy atom. The van der Waals surface area contributed by atoms with E-state index >= 15 is 0 Å². The largest absolute Gasteiger partial charge is 0.325 e. The van der Waals surface area contributed by atoms with Crippen molar-refractivity contribution in [1.29, 1.82) is 0 Å². The van der Waals surface area contributed by atoms with Crippen LogP contribution in [-0.4, -0.2) is 55.5 Å². The highest BCUT2D eigenvalue weighted by Crippen LogP contribution is 2.20. The van der Waals surface area contributed by atoms with Gasteiger partial charge in [0.2, 0.25) is 5.91 Å². The quantitative estimate of drug-likeness (QED) is 0.304. The van der Waals surface area contributed by atoms with Crippen LogP contribution in [-0.2, 0) is 22.4 Å². The molecule has 1 aromatic carbocycles. The molecular weight excluding hydrogens is 434 g/mol. The third kappa shape index (κ3) is 5.63. The van der Waals surface area contributed by atoms with Crippen molar-refractivity contribution in [3.8, 4) is 0 Å². The topological polar surface area (TPSA) is 138 Å². The monoisotopic (exact) mass is 459 g/mol. The van der Waals surface area contributed by atoms with Gasteiger partial charge in [-0.3, -0.25) is 30.1 Å². The summed E-state index contributed by atoms with van der Waals surface area (Å²) in [5, 5.41) is 11.2. The van der Waals surface area contributed by atoms with Gasteiger partial charge in [-0.05, 0) is 38.0 Å². The van der Waals surface area contributed by atoms with Crippen LogP contribution < -0.4 is 16.2 Å². The van der Waals surface area contributed by atoms with Gasteiger partial charge in [-0.25, -0.2) is 4.79 Å². The molecule has 1 aliphatic rings. The van der Waals surface area contributed by atoms with Crippen LogP contribution >= 0.6 is 11.8 Å². The van der Waals surface area contributed by atoms with Crippen LogP contribution in [0.1, 0.15) is 42.6 Å². The van der Waals surface area contributed by atoms with Crippen LogP contribution in [0.5, 0.6) is 0 Å². The summed E-state index contributed by atoms with van der Waals surface area (Å²) in [5.41, 5.74) is 5.19. The zero-order chi connectivity index (χ0) is 23.3. The molecule has 0 atom stereocenters. The van der Waals surface area contributed by atoms with E-state index in [4.69, 9.17) is 0 Å². The number of nitrogens with one attached hydrogen (secondary N) is 3. The second kappa shape index (κ2) is 9.81. The number of hydrogen-bond acceptors (Lipinski definition) is 7. The standard InChI is InChI=1S/C20H25N7O4S/c1-20(2)17(30)27(18(31)22-20)10-4-5-15(28)23-24-16(29)14-8-6-13(7-9-14)11-32-19-25-21-12-26(19)3/h6-9,12H,4-5,10-11H2,1-3H3,(H,22,31)(H,23,28)(H,24,29).